The molecule has 0 spiro atoms. The molecule has 0 aromatic carbocycles. The van der Waals surface area contributed by atoms with Gasteiger partial charge >= 0.3 is 0 Å². The monoisotopic (exact) mass is 259 g/mol. The summed E-state index contributed by atoms with van der Waals surface area (Å²) in [5.41, 5.74) is 1.11. The molecule has 18 heavy (non-hydrogen) atoms. The van der Waals surface area contributed by atoms with Crippen LogP contribution in [-0.4, -0.2) is 33.3 Å². The van der Waals surface area contributed by atoms with E-state index in [-0.39, 0.29) is 0 Å². The van der Waals surface area contributed by atoms with Crippen LogP contribution in [0.2, 0.25) is 0 Å². The van der Waals surface area contributed by atoms with E-state index in [2.05, 4.69) is 44.5 Å². The molecule has 1 unspecified atom stereocenters. The third kappa shape index (κ3) is 1.89. The summed E-state index contributed by atoms with van der Waals surface area (Å²) in [6.45, 7) is 2.36. The van der Waals surface area contributed by atoms with E-state index < -0.39 is 0 Å². The lowest BCUT2D eigenvalue weighted by Gasteiger charge is -2.41. The summed E-state index contributed by atoms with van der Waals surface area (Å²) in [5.74, 6) is 0. The summed E-state index contributed by atoms with van der Waals surface area (Å²) in [6.07, 6.45) is 6.29. The second kappa shape index (κ2) is 4.21. The van der Waals surface area contributed by atoms with Crippen LogP contribution in [-0.2, 0) is 6.54 Å². The molecule has 0 bridgehead atoms. The molecule has 3 heterocycles. The Morgan fingerprint density at radius 3 is 2.89 bits per heavy atom. The zero-order chi connectivity index (χ0) is 11.9. The fourth-order valence-corrected chi connectivity index (χ4v) is 3.47. The largest absolute Gasteiger partial charge is 0.295 e. The molecule has 2 fully saturated rings. The fourth-order valence-electron chi connectivity index (χ4n) is 2.78. The minimum absolute atomic E-state index is 0.730. The number of aromatic nitrogens is 2. The quantitative estimate of drug-likeness (QED) is 0.842. The van der Waals surface area contributed by atoms with Crippen molar-refractivity contribution in [3.8, 4) is 10.6 Å². The first kappa shape index (κ1) is 10.8. The number of rotatable bonds is 4. The van der Waals surface area contributed by atoms with Gasteiger partial charge in [0.25, 0.3) is 0 Å². The fraction of sp³-hybridized carbons (Fsp3) is 0.500. The Kier molecular flexibility index (Phi) is 2.52. The summed E-state index contributed by atoms with van der Waals surface area (Å²) >= 11 is 1.76. The molecule has 0 radical (unpaired) electrons. The van der Waals surface area contributed by atoms with Gasteiger partial charge in [-0.3, -0.25) is 9.58 Å². The maximum Gasteiger partial charge on any atom is 0.102 e. The number of nitrogens with zero attached hydrogens (tertiary/aromatic N) is 3. The Labute approximate surface area is 111 Å². The van der Waals surface area contributed by atoms with E-state index in [0.29, 0.717) is 0 Å². The van der Waals surface area contributed by atoms with Crippen molar-refractivity contribution in [3.05, 3.63) is 29.8 Å². The second-order valence-electron chi connectivity index (χ2n) is 5.31. The molecule has 2 aromatic rings. The van der Waals surface area contributed by atoms with E-state index >= 15 is 0 Å². The van der Waals surface area contributed by atoms with Gasteiger partial charge in [-0.15, -0.1) is 11.3 Å². The Balaban J connectivity index is 1.46. The Bertz CT molecular complexity index is 527. The first-order chi connectivity index (χ1) is 8.90. The van der Waals surface area contributed by atoms with Crippen LogP contribution < -0.4 is 0 Å². The Morgan fingerprint density at radius 1 is 1.28 bits per heavy atom. The second-order valence-corrected chi connectivity index (χ2v) is 6.26. The molecular formula is C14H17N3S. The van der Waals surface area contributed by atoms with Gasteiger partial charge in [0.15, 0.2) is 0 Å². The molecule has 2 aliphatic rings. The molecule has 4 rings (SSSR count). The molecule has 1 aliphatic heterocycles. The highest BCUT2D eigenvalue weighted by Crippen LogP contribution is 2.35. The van der Waals surface area contributed by atoms with Gasteiger partial charge in [-0.2, -0.15) is 5.10 Å². The first-order valence-corrected chi connectivity index (χ1v) is 7.61. The van der Waals surface area contributed by atoms with Gasteiger partial charge in [0.05, 0.1) is 11.4 Å². The highest BCUT2D eigenvalue weighted by Gasteiger charge is 2.39. The Morgan fingerprint density at radius 2 is 2.22 bits per heavy atom. The summed E-state index contributed by atoms with van der Waals surface area (Å²) in [6, 6.07) is 7.98. The number of hydrogen-bond acceptors (Lipinski definition) is 3. The average molecular weight is 259 g/mol. The highest BCUT2D eigenvalue weighted by molar-refractivity contribution is 7.13. The summed E-state index contributed by atoms with van der Waals surface area (Å²) in [5, 5.41) is 6.80. The lowest BCUT2D eigenvalue weighted by Crippen LogP contribution is -2.51. The van der Waals surface area contributed by atoms with E-state index in [1.807, 2.05) is 0 Å². The first-order valence-electron chi connectivity index (χ1n) is 6.73. The van der Waals surface area contributed by atoms with Gasteiger partial charge in [-0.1, -0.05) is 6.07 Å². The third-order valence-corrected chi connectivity index (χ3v) is 4.91. The van der Waals surface area contributed by atoms with Gasteiger partial charge in [-0.25, -0.2) is 0 Å². The van der Waals surface area contributed by atoms with Gasteiger partial charge in [0, 0.05) is 24.8 Å². The van der Waals surface area contributed by atoms with Crippen molar-refractivity contribution < 1.29 is 0 Å². The van der Waals surface area contributed by atoms with Gasteiger partial charge in [-0.05, 0) is 36.8 Å². The summed E-state index contributed by atoms with van der Waals surface area (Å²) < 4.78 is 2.12. The van der Waals surface area contributed by atoms with Crippen LogP contribution in [0.5, 0.6) is 0 Å². The van der Waals surface area contributed by atoms with Crippen LogP contribution in [0.4, 0.5) is 0 Å². The molecular weight excluding hydrogens is 242 g/mol. The summed E-state index contributed by atoms with van der Waals surface area (Å²) in [7, 11) is 0. The molecule has 1 saturated heterocycles. The van der Waals surface area contributed by atoms with Crippen molar-refractivity contribution in [1.29, 1.82) is 0 Å². The molecule has 2 aromatic heterocycles. The van der Waals surface area contributed by atoms with Crippen LogP contribution in [0, 0.1) is 0 Å². The zero-order valence-corrected chi connectivity index (χ0v) is 11.1. The molecule has 3 nitrogen and oxygen atoms in total. The number of thiophene rings is 1. The topological polar surface area (TPSA) is 21.1 Å². The van der Waals surface area contributed by atoms with Crippen molar-refractivity contribution in [1.82, 2.24) is 14.7 Å². The molecule has 1 aliphatic carbocycles. The predicted octanol–water partition coefficient (Wildman–Crippen LogP) is 2.85. The molecule has 0 N–H and O–H groups in total. The van der Waals surface area contributed by atoms with Gasteiger partial charge in [0.1, 0.15) is 5.69 Å². The normalized spacial score (nSPS) is 24.1. The lowest BCUT2D eigenvalue weighted by atomic mass is 10.0. The van der Waals surface area contributed by atoms with Crippen LogP contribution in [0.3, 0.4) is 0 Å². The smallest absolute Gasteiger partial charge is 0.102 e. The Hall–Kier alpha value is -1.13. The SMILES string of the molecule is c1csc(-c2ccn(CC3CCN3C3CC3)n2)c1. The predicted molar refractivity (Wildman–Crippen MR) is 73.7 cm³/mol. The van der Waals surface area contributed by atoms with Crippen LogP contribution in [0.25, 0.3) is 10.6 Å². The van der Waals surface area contributed by atoms with Crippen molar-refractivity contribution in [2.75, 3.05) is 6.54 Å². The molecule has 0 amide bonds. The van der Waals surface area contributed by atoms with Gasteiger partial charge in [0.2, 0.25) is 0 Å². The third-order valence-electron chi connectivity index (χ3n) is 4.02. The standard InChI is InChI=1S/C14H17N3S/c1-2-14(18-9-1)13-6-7-16(15-13)10-12-5-8-17(12)11-3-4-11/h1-2,6-7,9,11-12H,3-5,8,10H2. The molecule has 1 saturated carbocycles. The van der Waals surface area contributed by atoms with Crippen molar-refractivity contribution in [2.45, 2.75) is 37.9 Å². The molecule has 4 heteroatoms. The van der Waals surface area contributed by atoms with Crippen LogP contribution in [0.15, 0.2) is 29.8 Å². The number of hydrogen-bond donors (Lipinski definition) is 0. The van der Waals surface area contributed by atoms with Crippen molar-refractivity contribution in [3.63, 3.8) is 0 Å². The minimum Gasteiger partial charge on any atom is -0.295 e. The van der Waals surface area contributed by atoms with E-state index in [9.17, 15) is 0 Å². The van der Waals surface area contributed by atoms with E-state index in [1.165, 1.54) is 30.7 Å². The van der Waals surface area contributed by atoms with E-state index in [1.54, 1.807) is 11.3 Å². The number of likely N-dealkylation sites (tertiary alicyclic amines) is 1. The van der Waals surface area contributed by atoms with Crippen molar-refractivity contribution in [2.24, 2.45) is 0 Å². The average Bonchev–Trinajstić information content (AvgIpc) is 2.87. The highest BCUT2D eigenvalue weighted by atomic mass is 32.1. The molecule has 1 atom stereocenters. The van der Waals surface area contributed by atoms with Gasteiger partial charge < -0.3 is 0 Å². The van der Waals surface area contributed by atoms with Crippen LogP contribution >= 0.6 is 11.3 Å². The van der Waals surface area contributed by atoms with Crippen LogP contribution in [0.1, 0.15) is 19.3 Å². The minimum atomic E-state index is 0.730. The maximum atomic E-state index is 4.69. The van der Waals surface area contributed by atoms with E-state index in [0.717, 1.165) is 24.3 Å². The zero-order valence-electron chi connectivity index (χ0n) is 10.3. The maximum absolute atomic E-state index is 4.69. The summed E-state index contributed by atoms with van der Waals surface area (Å²) in [4.78, 5) is 3.92. The lowest BCUT2D eigenvalue weighted by molar-refractivity contribution is 0.0655. The molecule has 94 valence electrons. The van der Waals surface area contributed by atoms with Crippen molar-refractivity contribution >= 4 is 11.3 Å². The van der Waals surface area contributed by atoms with E-state index in [4.69, 9.17) is 0 Å².